The molecule has 1 aliphatic heterocycles. The lowest BCUT2D eigenvalue weighted by Crippen LogP contribution is -2.48. The zero-order chi connectivity index (χ0) is 10.7. The molecular formula is C10H15ClN4O. The molecule has 0 radical (unpaired) electrons. The Bertz CT molecular complexity index is 338. The molecule has 16 heavy (non-hydrogen) atoms. The Morgan fingerprint density at radius 2 is 1.94 bits per heavy atom. The monoisotopic (exact) mass is 242 g/mol. The fraction of sp³-hybridized carbons (Fsp3) is 0.500. The third-order valence-corrected chi connectivity index (χ3v) is 2.60. The molecule has 1 aromatic heterocycles. The first kappa shape index (κ1) is 12.7. The Morgan fingerprint density at radius 1 is 1.25 bits per heavy atom. The van der Waals surface area contributed by atoms with Gasteiger partial charge in [0.15, 0.2) is 0 Å². The molecule has 0 atom stereocenters. The molecule has 1 aromatic rings. The first-order chi connectivity index (χ1) is 7.27. The molecule has 88 valence electrons. The zero-order valence-corrected chi connectivity index (χ0v) is 9.98. The highest BCUT2D eigenvalue weighted by Crippen LogP contribution is 2.10. The minimum atomic E-state index is 0. The van der Waals surface area contributed by atoms with Crippen molar-refractivity contribution >= 4 is 24.1 Å². The van der Waals surface area contributed by atoms with Gasteiger partial charge >= 0.3 is 0 Å². The maximum Gasteiger partial charge on any atom is 0.219 e. The average Bonchev–Trinajstić information content (AvgIpc) is 2.30. The van der Waals surface area contributed by atoms with E-state index < -0.39 is 0 Å². The molecule has 0 spiro atoms. The second-order valence-corrected chi connectivity index (χ2v) is 3.56. The van der Waals surface area contributed by atoms with Crippen LogP contribution in [0.5, 0.6) is 0 Å². The summed E-state index contributed by atoms with van der Waals surface area (Å²) in [6.07, 6.45) is 5.10. The third kappa shape index (κ3) is 2.82. The summed E-state index contributed by atoms with van der Waals surface area (Å²) in [7, 11) is 0. The van der Waals surface area contributed by atoms with Gasteiger partial charge < -0.3 is 9.80 Å². The minimum Gasteiger partial charge on any atom is -0.352 e. The van der Waals surface area contributed by atoms with Gasteiger partial charge in [0.2, 0.25) is 5.91 Å². The lowest BCUT2D eigenvalue weighted by atomic mass is 10.3. The molecule has 0 aliphatic carbocycles. The molecule has 1 aliphatic rings. The van der Waals surface area contributed by atoms with Crippen LogP contribution in [0.3, 0.4) is 0 Å². The molecule has 2 rings (SSSR count). The molecule has 6 heteroatoms. The van der Waals surface area contributed by atoms with Crippen LogP contribution in [0.2, 0.25) is 0 Å². The summed E-state index contributed by atoms with van der Waals surface area (Å²) in [6, 6.07) is 0. The normalized spacial score (nSPS) is 15.6. The molecule has 1 amide bonds. The Hall–Kier alpha value is -1.36. The number of anilines is 1. The fourth-order valence-electron chi connectivity index (χ4n) is 1.70. The maximum absolute atomic E-state index is 11.1. The number of piperazine rings is 1. The summed E-state index contributed by atoms with van der Waals surface area (Å²) in [5.41, 5.74) is 0. The van der Waals surface area contributed by atoms with Crippen LogP contribution in [0, 0.1) is 0 Å². The van der Waals surface area contributed by atoms with Crippen LogP contribution in [0.1, 0.15) is 6.92 Å². The van der Waals surface area contributed by atoms with Crippen molar-refractivity contribution in [1.82, 2.24) is 14.9 Å². The predicted octanol–water partition coefficient (Wildman–Crippen LogP) is 0.567. The lowest BCUT2D eigenvalue weighted by Gasteiger charge is -2.34. The highest BCUT2D eigenvalue weighted by atomic mass is 35.5. The van der Waals surface area contributed by atoms with Crippen LogP contribution in [0.4, 0.5) is 5.82 Å². The van der Waals surface area contributed by atoms with Gasteiger partial charge in [-0.15, -0.1) is 12.4 Å². The van der Waals surface area contributed by atoms with Gasteiger partial charge in [-0.1, -0.05) is 0 Å². The van der Waals surface area contributed by atoms with Gasteiger partial charge in [0.1, 0.15) is 5.82 Å². The highest BCUT2D eigenvalue weighted by Gasteiger charge is 2.19. The summed E-state index contributed by atoms with van der Waals surface area (Å²) >= 11 is 0. The standard InChI is InChI=1S/C10H14N4O.ClH/c1-9(15)13-4-6-14(7-5-13)10-8-11-2-3-12-10;/h2-3,8H,4-7H2,1H3;1H. The Balaban J connectivity index is 0.00000128. The van der Waals surface area contributed by atoms with Crippen molar-refractivity contribution in [2.24, 2.45) is 0 Å². The van der Waals surface area contributed by atoms with E-state index in [0.717, 1.165) is 32.0 Å². The van der Waals surface area contributed by atoms with E-state index in [4.69, 9.17) is 0 Å². The second kappa shape index (κ2) is 5.65. The van der Waals surface area contributed by atoms with Crippen LogP contribution in [-0.4, -0.2) is 47.0 Å². The molecule has 0 unspecified atom stereocenters. The zero-order valence-electron chi connectivity index (χ0n) is 9.17. The van der Waals surface area contributed by atoms with Crippen molar-refractivity contribution in [2.45, 2.75) is 6.92 Å². The molecule has 5 nitrogen and oxygen atoms in total. The van der Waals surface area contributed by atoms with Gasteiger partial charge in [-0.2, -0.15) is 0 Å². The summed E-state index contributed by atoms with van der Waals surface area (Å²) in [5, 5.41) is 0. The number of hydrogen-bond donors (Lipinski definition) is 0. The molecule has 0 N–H and O–H groups in total. The Kier molecular flexibility index (Phi) is 4.49. The van der Waals surface area contributed by atoms with Gasteiger partial charge in [0.05, 0.1) is 6.20 Å². The van der Waals surface area contributed by atoms with Crippen LogP contribution < -0.4 is 4.90 Å². The van der Waals surface area contributed by atoms with E-state index >= 15 is 0 Å². The van der Waals surface area contributed by atoms with Crippen molar-refractivity contribution < 1.29 is 4.79 Å². The largest absolute Gasteiger partial charge is 0.352 e. The number of amides is 1. The van der Waals surface area contributed by atoms with E-state index in [-0.39, 0.29) is 18.3 Å². The summed E-state index contributed by atoms with van der Waals surface area (Å²) in [6.45, 7) is 4.81. The van der Waals surface area contributed by atoms with E-state index in [1.165, 1.54) is 0 Å². The minimum absolute atomic E-state index is 0. The van der Waals surface area contributed by atoms with E-state index in [2.05, 4.69) is 14.9 Å². The first-order valence-corrected chi connectivity index (χ1v) is 5.04. The van der Waals surface area contributed by atoms with Gasteiger partial charge in [0, 0.05) is 45.5 Å². The van der Waals surface area contributed by atoms with Crippen molar-refractivity contribution in [3.8, 4) is 0 Å². The van der Waals surface area contributed by atoms with Crippen LogP contribution in [0.15, 0.2) is 18.6 Å². The third-order valence-electron chi connectivity index (χ3n) is 2.60. The maximum atomic E-state index is 11.1. The van der Waals surface area contributed by atoms with Gasteiger partial charge in [-0.05, 0) is 0 Å². The van der Waals surface area contributed by atoms with Crippen molar-refractivity contribution in [3.05, 3.63) is 18.6 Å². The average molecular weight is 243 g/mol. The SMILES string of the molecule is CC(=O)N1CCN(c2cnccn2)CC1.Cl. The molecular weight excluding hydrogens is 228 g/mol. The summed E-state index contributed by atoms with van der Waals surface area (Å²) in [5.74, 6) is 1.04. The van der Waals surface area contributed by atoms with Gasteiger partial charge in [-0.3, -0.25) is 9.78 Å². The Labute approximate surface area is 101 Å². The van der Waals surface area contributed by atoms with E-state index in [0.29, 0.717) is 0 Å². The topological polar surface area (TPSA) is 49.3 Å². The molecule has 0 aromatic carbocycles. The van der Waals surface area contributed by atoms with Crippen molar-refractivity contribution in [3.63, 3.8) is 0 Å². The fourth-order valence-corrected chi connectivity index (χ4v) is 1.70. The number of carbonyl (C=O) groups excluding carboxylic acids is 1. The number of halogens is 1. The van der Waals surface area contributed by atoms with Crippen LogP contribution in [0.25, 0.3) is 0 Å². The number of carbonyl (C=O) groups is 1. The first-order valence-electron chi connectivity index (χ1n) is 5.04. The number of rotatable bonds is 1. The Morgan fingerprint density at radius 3 is 2.44 bits per heavy atom. The van der Waals surface area contributed by atoms with Crippen LogP contribution in [-0.2, 0) is 4.79 Å². The second-order valence-electron chi connectivity index (χ2n) is 3.56. The van der Waals surface area contributed by atoms with Crippen molar-refractivity contribution in [2.75, 3.05) is 31.1 Å². The smallest absolute Gasteiger partial charge is 0.219 e. The molecule has 1 fully saturated rings. The lowest BCUT2D eigenvalue weighted by molar-refractivity contribution is -0.129. The summed E-state index contributed by atoms with van der Waals surface area (Å²) in [4.78, 5) is 23.4. The predicted molar refractivity (Wildman–Crippen MR) is 63.7 cm³/mol. The van der Waals surface area contributed by atoms with Gasteiger partial charge in [-0.25, -0.2) is 4.98 Å². The number of hydrogen-bond acceptors (Lipinski definition) is 4. The quantitative estimate of drug-likeness (QED) is 0.723. The van der Waals surface area contributed by atoms with E-state index in [9.17, 15) is 4.79 Å². The number of aromatic nitrogens is 2. The van der Waals surface area contributed by atoms with E-state index in [1.54, 1.807) is 25.5 Å². The molecule has 0 bridgehead atoms. The van der Waals surface area contributed by atoms with Crippen molar-refractivity contribution in [1.29, 1.82) is 0 Å². The molecule has 0 saturated carbocycles. The molecule has 2 heterocycles. The van der Waals surface area contributed by atoms with E-state index in [1.807, 2.05) is 4.90 Å². The highest BCUT2D eigenvalue weighted by molar-refractivity contribution is 5.85. The van der Waals surface area contributed by atoms with Gasteiger partial charge in [0.25, 0.3) is 0 Å². The number of nitrogens with zero attached hydrogens (tertiary/aromatic N) is 4. The summed E-state index contributed by atoms with van der Waals surface area (Å²) < 4.78 is 0. The van der Waals surface area contributed by atoms with Crippen LogP contribution >= 0.6 is 12.4 Å². The molecule has 1 saturated heterocycles.